The van der Waals surface area contributed by atoms with E-state index < -0.39 is 17.2 Å². The maximum Gasteiger partial charge on any atom is 0.328 e. The standard InChI is InChI=1S/C21H27N5O4/c1-3-12-26-20(29)19(17(24-21(26)30)6-4-5-11-22)25-18(28)13-15-7-9-16(10-8-15)23-14(2)27/h3,7-10H,1,4-6,11-13,22H2,2H3,(H,23,27)(H,24,30)(H,25,28). The van der Waals surface area contributed by atoms with Crippen molar-refractivity contribution in [2.24, 2.45) is 5.73 Å². The van der Waals surface area contributed by atoms with Crippen molar-refractivity contribution >= 4 is 23.2 Å². The Kier molecular flexibility index (Phi) is 8.30. The van der Waals surface area contributed by atoms with Crippen molar-refractivity contribution in [2.75, 3.05) is 17.2 Å². The Bertz CT molecular complexity index is 1020. The number of nitrogens with one attached hydrogen (secondary N) is 3. The number of unbranched alkanes of at least 4 members (excludes halogenated alkanes) is 1. The molecule has 1 heterocycles. The minimum Gasteiger partial charge on any atom is -0.330 e. The third kappa shape index (κ3) is 6.28. The highest BCUT2D eigenvalue weighted by atomic mass is 16.2. The summed E-state index contributed by atoms with van der Waals surface area (Å²) in [6.45, 7) is 5.49. The summed E-state index contributed by atoms with van der Waals surface area (Å²) in [6.07, 6.45) is 3.28. The summed E-state index contributed by atoms with van der Waals surface area (Å²) in [6, 6.07) is 6.82. The van der Waals surface area contributed by atoms with Gasteiger partial charge in [-0.3, -0.25) is 19.0 Å². The molecular weight excluding hydrogens is 386 g/mol. The molecule has 2 aromatic rings. The van der Waals surface area contributed by atoms with Gasteiger partial charge in [0, 0.05) is 24.8 Å². The van der Waals surface area contributed by atoms with Gasteiger partial charge in [-0.25, -0.2) is 4.79 Å². The Hall–Kier alpha value is -3.46. The summed E-state index contributed by atoms with van der Waals surface area (Å²) in [5.41, 5.74) is 6.18. The zero-order valence-electron chi connectivity index (χ0n) is 17.0. The zero-order valence-corrected chi connectivity index (χ0v) is 17.0. The average molecular weight is 413 g/mol. The van der Waals surface area contributed by atoms with Crippen molar-refractivity contribution in [1.29, 1.82) is 0 Å². The second-order valence-electron chi connectivity index (χ2n) is 6.84. The number of nitrogens with two attached hydrogens (primary N) is 1. The van der Waals surface area contributed by atoms with Crippen molar-refractivity contribution in [3.63, 3.8) is 0 Å². The van der Waals surface area contributed by atoms with E-state index in [0.29, 0.717) is 36.3 Å². The van der Waals surface area contributed by atoms with Crippen molar-refractivity contribution in [2.45, 2.75) is 39.2 Å². The van der Waals surface area contributed by atoms with E-state index in [1.54, 1.807) is 24.3 Å². The molecule has 30 heavy (non-hydrogen) atoms. The number of carbonyl (C=O) groups excluding carboxylic acids is 2. The lowest BCUT2D eigenvalue weighted by Crippen LogP contribution is -2.38. The number of benzene rings is 1. The highest BCUT2D eigenvalue weighted by Crippen LogP contribution is 2.13. The number of aromatic nitrogens is 2. The van der Waals surface area contributed by atoms with Gasteiger partial charge in [0.15, 0.2) is 0 Å². The number of allylic oxidation sites excluding steroid dienone is 1. The van der Waals surface area contributed by atoms with Crippen LogP contribution in [0.4, 0.5) is 11.4 Å². The molecule has 0 radical (unpaired) electrons. The smallest absolute Gasteiger partial charge is 0.328 e. The van der Waals surface area contributed by atoms with E-state index in [4.69, 9.17) is 5.73 Å². The number of hydrogen-bond acceptors (Lipinski definition) is 5. The van der Waals surface area contributed by atoms with Gasteiger partial charge in [0.25, 0.3) is 5.56 Å². The van der Waals surface area contributed by atoms with Gasteiger partial charge in [-0.15, -0.1) is 6.58 Å². The molecule has 0 atom stereocenters. The molecule has 0 spiro atoms. The molecule has 2 amide bonds. The van der Waals surface area contributed by atoms with E-state index in [0.717, 1.165) is 11.0 Å². The molecule has 0 unspecified atom stereocenters. The van der Waals surface area contributed by atoms with Crippen LogP contribution in [0.15, 0.2) is 46.5 Å². The number of hydrogen-bond donors (Lipinski definition) is 4. The number of rotatable bonds is 10. The lowest BCUT2D eigenvalue weighted by atomic mass is 10.1. The van der Waals surface area contributed by atoms with Gasteiger partial charge in [-0.1, -0.05) is 18.2 Å². The van der Waals surface area contributed by atoms with Gasteiger partial charge in [0.05, 0.1) is 6.42 Å². The highest BCUT2D eigenvalue weighted by Gasteiger charge is 2.16. The predicted octanol–water partition coefficient (Wildman–Crippen LogP) is 1.14. The average Bonchev–Trinajstić information content (AvgIpc) is 2.69. The van der Waals surface area contributed by atoms with Gasteiger partial charge in [-0.05, 0) is 43.5 Å². The first-order valence-corrected chi connectivity index (χ1v) is 9.69. The first kappa shape index (κ1) is 22.8. The second kappa shape index (κ2) is 10.9. The third-order valence-corrected chi connectivity index (χ3v) is 4.36. The van der Waals surface area contributed by atoms with Crippen LogP contribution in [-0.2, 0) is 29.0 Å². The Balaban J connectivity index is 2.23. The SMILES string of the molecule is C=CCn1c(=O)[nH]c(CCCCN)c(NC(=O)Cc2ccc(NC(C)=O)cc2)c1=O. The molecular formula is C21H27N5O4. The van der Waals surface area contributed by atoms with Crippen molar-refractivity contribution < 1.29 is 9.59 Å². The molecule has 5 N–H and O–H groups in total. The fourth-order valence-electron chi connectivity index (χ4n) is 2.95. The summed E-state index contributed by atoms with van der Waals surface area (Å²) < 4.78 is 0.983. The molecule has 9 nitrogen and oxygen atoms in total. The monoisotopic (exact) mass is 413 g/mol. The molecule has 0 aliphatic heterocycles. The summed E-state index contributed by atoms with van der Waals surface area (Å²) in [4.78, 5) is 51.3. The number of aryl methyl sites for hydroxylation is 1. The molecule has 1 aromatic carbocycles. The first-order valence-electron chi connectivity index (χ1n) is 9.69. The molecule has 1 aromatic heterocycles. The minimum absolute atomic E-state index is 0.0304. The molecule has 0 bridgehead atoms. The molecule has 0 saturated carbocycles. The summed E-state index contributed by atoms with van der Waals surface area (Å²) in [7, 11) is 0. The lowest BCUT2D eigenvalue weighted by Gasteiger charge is -2.13. The van der Waals surface area contributed by atoms with Crippen LogP contribution in [0, 0.1) is 0 Å². The molecule has 2 rings (SSSR count). The number of amides is 2. The fraction of sp³-hybridized carbons (Fsp3) is 0.333. The van der Waals surface area contributed by atoms with E-state index in [-0.39, 0.29) is 24.6 Å². The van der Waals surface area contributed by atoms with Crippen LogP contribution in [0.1, 0.15) is 31.0 Å². The molecule has 0 aliphatic carbocycles. The quantitative estimate of drug-likeness (QED) is 0.342. The van der Waals surface area contributed by atoms with Crippen molar-refractivity contribution in [3.8, 4) is 0 Å². The Labute approximate surface area is 174 Å². The van der Waals surface area contributed by atoms with Crippen LogP contribution in [0.5, 0.6) is 0 Å². The topological polar surface area (TPSA) is 139 Å². The van der Waals surface area contributed by atoms with E-state index >= 15 is 0 Å². The first-order chi connectivity index (χ1) is 14.3. The van der Waals surface area contributed by atoms with E-state index in [1.807, 2.05) is 0 Å². The largest absolute Gasteiger partial charge is 0.330 e. The lowest BCUT2D eigenvalue weighted by molar-refractivity contribution is -0.116. The van der Waals surface area contributed by atoms with Crippen LogP contribution < -0.4 is 27.6 Å². The normalized spacial score (nSPS) is 10.5. The number of carbonyl (C=O) groups is 2. The van der Waals surface area contributed by atoms with Gasteiger partial charge in [0.1, 0.15) is 5.69 Å². The Morgan fingerprint density at radius 3 is 2.47 bits per heavy atom. The maximum atomic E-state index is 12.8. The van der Waals surface area contributed by atoms with Crippen LogP contribution in [0.3, 0.4) is 0 Å². The number of H-pyrrole nitrogens is 1. The van der Waals surface area contributed by atoms with Crippen molar-refractivity contribution in [3.05, 3.63) is 69.0 Å². The molecule has 9 heteroatoms. The van der Waals surface area contributed by atoms with Crippen LogP contribution >= 0.6 is 0 Å². The van der Waals surface area contributed by atoms with E-state index in [2.05, 4.69) is 22.2 Å². The highest BCUT2D eigenvalue weighted by molar-refractivity contribution is 5.93. The van der Waals surface area contributed by atoms with Gasteiger partial charge < -0.3 is 21.4 Å². The molecule has 160 valence electrons. The second-order valence-corrected chi connectivity index (χ2v) is 6.84. The maximum absolute atomic E-state index is 12.8. The Morgan fingerprint density at radius 1 is 1.17 bits per heavy atom. The molecule has 0 aliphatic rings. The molecule has 0 fully saturated rings. The van der Waals surface area contributed by atoms with Gasteiger partial charge in [0.2, 0.25) is 11.8 Å². The zero-order chi connectivity index (χ0) is 22.1. The van der Waals surface area contributed by atoms with E-state index in [9.17, 15) is 19.2 Å². The van der Waals surface area contributed by atoms with Crippen molar-refractivity contribution in [1.82, 2.24) is 9.55 Å². The van der Waals surface area contributed by atoms with E-state index in [1.165, 1.54) is 13.0 Å². The minimum atomic E-state index is -0.573. The third-order valence-electron chi connectivity index (χ3n) is 4.36. The molecule has 0 saturated heterocycles. The summed E-state index contributed by atoms with van der Waals surface area (Å²) in [5.74, 6) is -0.576. The number of anilines is 2. The number of nitrogens with zero attached hydrogens (tertiary/aromatic N) is 1. The fourth-order valence-corrected chi connectivity index (χ4v) is 2.95. The Morgan fingerprint density at radius 2 is 1.87 bits per heavy atom. The number of aromatic amines is 1. The summed E-state index contributed by atoms with van der Waals surface area (Å²) in [5, 5.41) is 5.30. The van der Waals surface area contributed by atoms with Crippen LogP contribution in [-0.4, -0.2) is 27.9 Å². The van der Waals surface area contributed by atoms with Gasteiger partial charge >= 0.3 is 5.69 Å². The van der Waals surface area contributed by atoms with Crippen LogP contribution in [0.25, 0.3) is 0 Å². The summed E-state index contributed by atoms with van der Waals surface area (Å²) >= 11 is 0. The van der Waals surface area contributed by atoms with Crippen LogP contribution in [0.2, 0.25) is 0 Å². The van der Waals surface area contributed by atoms with Gasteiger partial charge in [-0.2, -0.15) is 0 Å². The predicted molar refractivity (Wildman–Crippen MR) is 117 cm³/mol.